The molecule has 4 N–H and O–H groups in total. The van der Waals surface area contributed by atoms with Crippen LogP contribution in [-0.4, -0.2) is 23.7 Å². The molecule has 1 atom stereocenters. The summed E-state index contributed by atoms with van der Waals surface area (Å²) in [7, 11) is 0. The minimum atomic E-state index is -0.998. The normalized spacial score (nSPS) is 12.7. The first-order valence-electron chi connectivity index (χ1n) is 4.03. The highest BCUT2D eigenvalue weighted by Gasteiger charge is 2.10. The van der Waals surface area contributed by atoms with Gasteiger partial charge in [0.1, 0.15) is 6.04 Å². The van der Waals surface area contributed by atoms with Gasteiger partial charge in [-0.3, -0.25) is 4.79 Å². The fraction of sp³-hybridized carbons (Fsp3) is 0.375. The zero-order chi connectivity index (χ0) is 10.6. The smallest absolute Gasteiger partial charge is 0.321 e. The molecule has 1 aromatic heterocycles. The molecule has 0 aliphatic heterocycles. The Balaban J connectivity index is 2.25. The van der Waals surface area contributed by atoms with Crippen molar-refractivity contribution in [1.29, 1.82) is 0 Å². The lowest BCUT2D eigenvalue weighted by Gasteiger charge is -2.06. The molecule has 0 amide bonds. The summed E-state index contributed by atoms with van der Waals surface area (Å²) < 4.78 is 0.726. The molecule has 1 unspecified atom stereocenters. The average Bonchev–Trinajstić information content (AvgIpc) is 2.51. The van der Waals surface area contributed by atoms with Gasteiger partial charge in [0.25, 0.3) is 0 Å². The van der Waals surface area contributed by atoms with Crippen LogP contribution in [0.1, 0.15) is 4.88 Å². The van der Waals surface area contributed by atoms with Gasteiger partial charge in [0.15, 0.2) is 0 Å². The van der Waals surface area contributed by atoms with E-state index in [1.54, 1.807) is 6.07 Å². The maximum atomic E-state index is 10.4. The number of aliphatic carboxylic acids is 1. The van der Waals surface area contributed by atoms with Crippen LogP contribution in [0.15, 0.2) is 12.1 Å². The van der Waals surface area contributed by atoms with Crippen LogP contribution >= 0.6 is 22.9 Å². The first-order chi connectivity index (χ1) is 6.59. The lowest BCUT2D eigenvalue weighted by Crippen LogP contribution is -2.39. The third kappa shape index (κ3) is 3.63. The van der Waals surface area contributed by atoms with Crippen molar-refractivity contribution in [3.63, 3.8) is 0 Å². The predicted molar refractivity (Wildman–Crippen MR) is 56.6 cm³/mol. The molecule has 0 aromatic carbocycles. The summed E-state index contributed by atoms with van der Waals surface area (Å²) in [6, 6.07) is 2.84. The van der Waals surface area contributed by atoms with Gasteiger partial charge in [-0.05, 0) is 12.1 Å². The zero-order valence-electron chi connectivity index (χ0n) is 7.37. The number of hydrogen-bond acceptors (Lipinski definition) is 4. The van der Waals surface area contributed by atoms with Gasteiger partial charge < -0.3 is 16.2 Å². The van der Waals surface area contributed by atoms with Gasteiger partial charge in [0.2, 0.25) is 0 Å². The number of thiophene rings is 1. The van der Waals surface area contributed by atoms with Crippen molar-refractivity contribution >= 4 is 28.9 Å². The molecule has 14 heavy (non-hydrogen) atoms. The number of halogens is 1. The van der Waals surface area contributed by atoms with Gasteiger partial charge in [-0.15, -0.1) is 11.3 Å². The van der Waals surface area contributed by atoms with Crippen LogP contribution in [0, 0.1) is 0 Å². The van der Waals surface area contributed by atoms with E-state index in [-0.39, 0.29) is 6.54 Å². The van der Waals surface area contributed by atoms with E-state index < -0.39 is 12.0 Å². The Kier molecular flexibility index (Phi) is 4.34. The summed E-state index contributed by atoms with van der Waals surface area (Å²) in [6.45, 7) is 0.850. The second kappa shape index (κ2) is 5.31. The van der Waals surface area contributed by atoms with E-state index in [0.717, 1.165) is 9.21 Å². The molecular weight excluding hydrogens is 224 g/mol. The van der Waals surface area contributed by atoms with E-state index in [1.165, 1.54) is 11.3 Å². The number of carbonyl (C=O) groups is 1. The van der Waals surface area contributed by atoms with Gasteiger partial charge >= 0.3 is 5.97 Å². The SMILES string of the molecule is NC(CNCc1ccc(Cl)s1)C(=O)O. The largest absolute Gasteiger partial charge is 0.480 e. The van der Waals surface area contributed by atoms with Gasteiger partial charge in [0, 0.05) is 18.0 Å². The van der Waals surface area contributed by atoms with Crippen molar-refractivity contribution in [3.8, 4) is 0 Å². The molecule has 0 aliphatic carbocycles. The molecule has 0 spiro atoms. The molecule has 1 heterocycles. The maximum absolute atomic E-state index is 10.4. The fourth-order valence-corrected chi connectivity index (χ4v) is 1.94. The van der Waals surface area contributed by atoms with Crippen molar-refractivity contribution in [2.75, 3.05) is 6.54 Å². The highest BCUT2D eigenvalue weighted by atomic mass is 35.5. The number of hydrogen-bond donors (Lipinski definition) is 3. The van der Waals surface area contributed by atoms with E-state index in [2.05, 4.69) is 5.32 Å². The summed E-state index contributed by atoms with van der Waals surface area (Å²) >= 11 is 7.19. The van der Waals surface area contributed by atoms with E-state index >= 15 is 0 Å². The van der Waals surface area contributed by atoms with Crippen LogP contribution in [0.2, 0.25) is 4.34 Å². The van der Waals surface area contributed by atoms with E-state index in [0.29, 0.717) is 6.54 Å². The highest BCUT2D eigenvalue weighted by molar-refractivity contribution is 7.16. The minimum absolute atomic E-state index is 0.255. The first kappa shape index (κ1) is 11.5. The Morgan fingerprint density at radius 1 is 1.71 bits per heavy atom. The van der Waals surface area contributed by atoms with E-state index in [4.69, 9.17) is 22.4 Å². The molecule has 78 valence electrons. The molecule has 0 saturated carbocycles. The maximum Gasteiger partial charge on any atom is 0.321 e. The molecule has 0 bridgehead atoms. The second-order valence-corrected chi connectivity index (χ2v) is 4.58. The number of nitrogens with one attached hydrogen (secondary N) is 1. The van der Waals surface area contributed by atoms with Crippen LogP contribution in [0.5, 0.6) is 0 Å². The number of nitrogens with two attached hydrogens (primary N) is 1. The summed E-state index contributed by atoms with van der Waals surface area (Å²) in [5.41, 5.74) is 5.30. The molecular formula is C8H11ClN2O2S. The third-order valence-electron chi connectivity index (χ3n) is 1.61. The number of carboxylic acid groups (broad SMARTS) is 1. The summed E-state index contributed by atoms with van der Waals surface area (Å²) in [4.78, 5) is 11.4. The number of carboxylic acids is 1. The standard InChI is InChI=1S/C8H11ClN2O2S/c9-7-2-1-5(14-7)3-11-4-6(10)8(12)13/h1-2,6,11H,3-4,10H2,(H,12,13). The Morgan fingerprint density at radius 3 is 2.93 bits per heavy atom. The Morgan fingerprint density at radius 2 is 2.43 bits per heavy atom. The van der Waals surface area contributed by atoms with Crippen molar-refractivity contribution in [2.45, 2.75) is 12.6 Å². The van der Waals surface area contributed by atoms with Gasteiger partial charge in [0.05, 0.1) is 4.34 Å². The lowest BCUT2D eigenvalue weighted by molar-refractivity contribution is -0.138. The molecule has 4 nitrogen and oxygen atoms in total. The Hall–Kier alpha value is -0.620. The quantitative estimate of drug-likeness (QED) is 0.708. The van der Waals surface area contributed by atoms with Crippen LogP contribution in [0.3, 0.4) is 0 Å². The second-order valence-electron chi connectivity index (χ2n) is 2.78. The van der Waals surface area contributed by atoms with Gasteiger partial charge in [-0.2, -0.15) is 0 Å². The fourth-order valence-electron chi connectivity index (χ4n) is 0.885. The molecule has 1 rings (SSSR count). The van der Waals surface area contributed by atoms with Crippen molar-refractivity contribution in [3.05, 3.63) is 21.3 Å². The predicted octanol–water partition coefficient (Wildman–Crippen LogP) is 0.903. The third-order valence-corrected chi connectivity index (χ3v) is 2.84. The molecule has 6 heteroatoms. The van der Waals surface area contributed by atoms with Crippen molar-refractivity contribution < 1.29 is 9.90 Å². The Labute approximate surface area is 90.7 Å². The topological polar surface area (TPSA) is 75.3 Å². The molecule has 1 aromatic rings. The van der Waals surface area contributed by atoms with Crippen molar-refractivity contribution in [2.24, 2.45) is 5.73 Å². The monoisotopic (exact) mass is 234 g/mol. The molecule has 0 radical (unpaired) electrons. The van der Waals surface area contributed by atoms with Gasteiger partial charge in [-0.25, -0.2) is 0 Å². The number of rotatable bonds is 5. The summed E-state index contributed by atoms with van der Waals surface area (Å²) in [5.74, 6) is -0.998. The lowest BCUT2D eigenvalue weighted by atomic mass is 10.3. The highest BCUT2D eigenvalue weighted by Crippen LogP contribution is 2.20. The Bertz CT molecular complexity index is 316. The summed E-state index contributed by atoms with van der Waals surface area (Å²) in [6.07, 6.45) is 0. The summed E-state index contributed by atoms with van der Waals surface area (Å²) in [5, 5.41) is 11.4. The van der Waals surface area contributed by atoms with Crippen LogP contribution in [0.4, 0.5) is 0 Å². The first-order valence-corrected chi connectivity index (χ1v) is 5.22. The zero-order valence-corrected chi connectivity index (χ0v) is 8.94. The minimum Gasteiger partial charge on any atom is -0.480 e. The molecule has 0 aliphatic rings. The average molecular weight is 235 g/mol. The van der Waals surface area contributed by atoms with Crippen LogP contribution < -0.4 is 11.1 Å². The van der Waals surface area contributed by atoms with Crippen molar-refractivity contribution in [1.82, 2.24) is 5.32 Å². The van der Waals surface area contributed by atoms with Gasteiger partial charge in [-0.1, -0.05) is 11.6 Å². The van der Waals surface area contributed by atoms with Crippen LogP contribution in [-0.2, 0) is 11.3 Å². The van der Waals surface area contributed by atoms with E-state index in [1.807, 2.05) is 6.07 Å². The van der Waals surface area contributed by atoms with E-state index in [9.17, 15) is 4.79 Å². The van der Waals surface area contributed by atoms with Crippen LogP contribution in [0.25, 0.3) is 0 Å². The molecule has 0 fully saturated rings. The molecule has 0 saturated heterocycles.